The van der Waals surface area contributed by atoms with Crippen molar-refractivity contribution in [3.05, 3.63) is 42.5 Å². The van der Waals surface area contributed by atoms with Gasteiger partial charge in [-0.25, -0.2) is 4.99 Å². The van der Waals surface area contributed by atoms with E-state index in [2.05, 4.69) is 35.1 Å². The fourth-order valence-electron chi connectivity index (χ4n) is 3.95. The molecule has 2 saturated heterocycles. The molecule has 1 atom stereocenters. The van der Waals surface area contributed by atoms with Gasteiger partial charge in [-0.3, -0.25) is 0 Å². The van der Waals surface area contributed by atoms with Crippen molar-refractivity contribution in [3.63, 3.8) is 0 Å². The lowest BCUT2D eigenvalue weighted by atomic mass is 10.0. The Hall–Kier alpha value is -1.32. The van der Waals surface area contributed by atoms with Crippen LogP contribution in [-0.4, -0.2) is 62.9 Å². The average Bonchev–Trinajstić information content (AvgIpc) is 3.26. The Bertz CT molecular complexity index is 656. The standard InChI is InChI=1S/C23H36N4O2.HI/c1-3-14-29-22-8-6-5-7-20(22)16-25-23(24-4-2)26-21-9-12-27(13-10-21)17-19-11-15-28-18-19;/h3,5-8,19,21H,1,4,9-18H2,2H3,(H2,24,25,26);1H. The van der Waals surface area contributed by atoms with Crippen molar-refractivity contribution < 1.29 is 9.47 Å². The van der Waals surface area contributed by atoms with Gasteiger partial charge in [-0.05, 0) is 38.2 Å². The lowest BCUT2D eigenvalue weighted by Crippen LogP contribution is -2.49. The maximum Gasteiger partial charge on any atom is 0.191 e. The highest BCUT2D eigenvalue weighted by Gasteiger charge is 2.24. The van der Waals surface area contributed by atoms with E-state index in [1.807, 2.05) is 18.2 Å². The number of benzene rings is 1. The van der Waals surface area contributed by atoms with Gasteiger partial charge in [0.15, 0.2) is 5.96 Å². The molecule has 1 unspecified atom stereocenters. The van der Waals surface area contributed by atoms with E-state index in [1.165, 1.54) is 13.0 Å². The SMILES string of the molecule is C=CCOc1ccccc1CN=C(NCC)NC1CCN(CC2CCOC2)CC1.I. The molecule has 2 aliphatic heterocycles. The predicted octanol–water partition coefficient (Wildman–Crippen LogP) is 3.43. The molecule has 0 bridgehead atoms. The zero-order chi connectivity index (χ0) is 20.3. The number of para-hydroxylation sites is 1. The Balaban J connectivity index is 0.00000320. The highest BCUT2D eigenvalue weighted by Crippen LogP contribution is 2.20. The van der Waals surface area contributed by atoms with Crippen LogP contribution in [0.1, 0.15) is 31.7 Å². The smallest absolute Gasteiger partial charge is 0.191 e. The zero-order valence-electron chi connectivity index (χ0n) is 18.1. The van der Waals surface area contributed by atoms with E-state index in [0.29, 0.717) is 19.2 Å². The summed E-state index contributed by atoms with van der Waals surface area (Å²) >= 11 is 0. The largest absolute Gasteiger partial charge is 0.489 e. The summed E-state index contributed by atoms with van der Waals surface area (Å²) in [6.45, 7) is 13.1. The Morgan fingerprint density at radius 1 is 1.30 bits per heavy atom. The van der Waals surface area contributed by atoms with E-state index in [-0.39, 0.29) is 24.0 Å². The molecule has 2 fully saturated rings. The minimum Gasteiger partial charge on any atom is -0.489 e. The molecule has 0 aromatic heterocycles. The summed E-state index contributed by atoms with van der Waals surface area (Å²) in [5.74, 6) is 2.48. The second-order valence-corrected chi connectivity index (χ2v) is 7.85. The van der Waals surface area contributed by atoms with E-state index >= 15 is 0 Å². The predicted molar refractivity (Wildman–Crippen MR) is 134 cm³/mol. The average molecular weight is 528 g/mol. The summed E-state index contributed by atoms with van der Waals surface area (Å²) in [6.07, 6.45) is 5.28. The number of nitrogens with zero attached hydrogens (tertiary/aromatic N) is 2. The summed E-state index contributed by atoms with van der Waals surface area (Å²) in [6, 6.07) is 8.53. The third kappa shape index (κ3) is 8.07. The summed E-state index contributed by atoms with van der Waals surface area (Å²) in [5.41, 5.74) is 1.08. The van der Waals surface area contributed by atoms with Gasteiger partial charge in [0, 0.05) is 44.4 Å². The first-order valence-electron chi connectivity index (χ1n) is 10.9. The number of likely N-dealkylation sites (tertiary alicyclic amines) is 1. The van der Waals surface area contributed by atoms with Gasteiger partial charge in [-0.2, -0.15) is 0 Å². The molecule has 168 valence electrons. The first-order valence-corrected chi connectivity index (χ1v) is 10.9. The van der Waals surface area contributed by atoms with Crippen molar-refractivity contribution in [1.29, 1.82) is 0 Å². The van der Waals surface area contributed by atoms with E-state index in [1.54, 1.807) is 6.08 Å². The molecule has 1 aromatic carbocycles. The van der Waals surface area contributed by atoms with Gasteiger partial charge >= 0.3 is 0 Å². The van der Waals surface area contributed by atoms with Crippen LogP contribution in [-0.2, 0) is 11.3 Å². The molecule has 30 heavy (non-hydrogen) atoms. The topological polar surface area (TPSA) is 58.1 Å². The van der Waals surface area contributed by atoms with Crippen LogP contribution in [0.15, 0.2) is 41.9 Å². The van der Waals surface area contributed by atoms with Crippen LogP contribution >= 0.6 is 24.0 Å². The molecule has 0 radical (unpaired) electrons. The van der Waals surface area contributed by atoms with Crippen molar-refractivity contribution in [2.24, 2.45) is 10.9 Å². The molecule has 0 aliphatic carbocycles. The molecule has 6 nitrogen and oxygen atoms in total. The molecule has 0 spiro atoms. The van der Waals surface area contributed by atoms with Crippen molar-refractivity contribution in [2.45, 2.75) is 38.8 Å². The fourth-order valence-corrected chi connectivity index (χ4v) is 3.95. The Kier molecular flexibility index (Phi) is 11.5. The minimum atomic E-state index is 0. The highest BCUT2D eigenvalue weighted by molar-refractivity contribution is 14.0. The second kappa shape index (κ2) is 13.9. The molecule has 0 amide bonds. The number of ether oxygens (including phenoxy) is 2. The van der Waals surface area contributed by atoms with E-state index in [4.69, 9.17) is 14.5 Å². The number of guanidine groups is 1. The van der Waals surface area contributed by atoms with E-state index in [9.17, 15) is 0 Å². The number of piperidine rings is 1. The molecule has 2 heterocycles. The van der Waals surface area contributed by atoms with Gasteiger partial charge in [0.1, 0.15) is 12.4 Å². The maximum absolute atomic E-state index is 5.75. The Labute approximate surface area is 198 Å². The molecule has 0 saturated carbocycles. The van der Waals surface area contributed by atoms with Gasteiger partial charge < -0.3 is 25.0 Å². The fraction of sp³-hybridized carbons (Fsp3) is 0.609. The number of rotatable bonds is 9. The molecular weight excluding hydrogens is 491 g/mol. The van der Waals surface area contributed by atoms with Gasteiger partial charge in [0.25, 0.3) is 0 Å². The monoisotopic (exact) mass is 528 g/mol. The van der Waals surface area contributed by atoms with Crippen LogP contribution in [0, 0.1) is 5.92 Å². The van der Waals surface area contributed by atoms with Crippen LogP contribution in [0.25, 0.3) is 0 Å². The molecule has 2 N–H and O–H groups in total. The van der Waals surface area contributed by atoms with Crippen LogP contribution < -0.4 is 15.4 Å². The van der Waals surface area contributed by atoms with Gasteiger partial charge in [0.05, 0.1) is 13.2 Å². The molecule has 7 heteroatoms. The lowest BCUT2D eigenvalue weighted by Gasteiger charge is -2.34. The van der Waals surface area contributed by atoms with E-state index < -0.39 is 0 Å². The summed E-state index contributed by atoms with van der Waals surface area (Å²) in [4.78, 5) is 7.40. The quantitative estimate of drug-likeness (QED) is 0.223. The number of hydrogen-bond acceptors (Lipinski definition) is 4. The first-order chi connectivity index (χ1) is 14.3. The van der Waals surface area contributed by atoms with Crippen LogP contribution in [0.3, 0.4) is 0 Å². The number of nitrogens with one attached hydrogen (secondary N) is 2. The number of aliphatic imine (C=N–C) groups is 1. The number of halogens is 1. The highest BCUT2D eigenvalue weighted by atomic mass is 127. The van der Waals surface area contributed by atoms with Gasteiger partial charge in [-0.15, -0.1) is 24.0 Å². The summed E-state index contributed by atoms with van der Waals surface area (Å²) in [7, 11) is 0. The summed E-state index contributed by atoms with van der Waals surface area (Å²) < 4.78 is 11.3. The Morgan fingerprint density at radius 2 is 2.10 bits per heavy atom. The van der Waals surface area contributed by atoms with Crippen molar-refractivity contribution in [3.8, 4) is 5.75 Å². The molecule has 1 aromatic rings. The summed E-state index contributed by atoms with van der Waals surface area (Å²) in [5, 5.41) is 7.02. The molecular formula is C23H37IN4O2. The third-order valence-corrected chi connectivity index (χ3v) is 5.55. The van der Waals surface area contributed by atoms with Crippen molar-refractivity contribution in [2.75, 3.05) is 46.0 Å². The molecule has 3 rings (SSSR count). The van der Waals surface area contributed by atoms with Gasteiger partial charge in [0.2, 0.25) is 0 Å². The van der Waals surface area contributed by atoms with Gasteiger partial charge in [-0.1, -0.05) is 30.9 Å². The second-order valence-electron chi connectivity index (χ2n) is 7.85. The van der Waals surface area contributed by atoms with Crippen LogP contribution in [0.2, 0.25) is 0 Å². The normalized spacial score (nSPS) is 20.4. The van der Waals surface area contributed by atoms with Crippen molar-refractivity contribution >= 4 is 29.9 Å². The minimum absolute atomic E-state index is 0. The van der Waals surface area contributed by atoms with Crippen molar-refractivity contribution in [1.82, 2.24) is 15.5 Å². The van der Waals surface area contributed by atoms with E-state index in [0.717, 1.165) is 68.9 Å². The number of hydrogen-bond donors (Lipinski definition) is 2. The third-order valence-electron chi connectivity index (χ3n) is 5.55. The van der Waals surface area contributed by atoms with Crippen LogP contribution in [0.5, 0.6) is 5.75 Å². The zero-order valence-corrected chi connectivity index (χ0v) is 20.5. The first kappa shape index (κ1) is 24.9. The molecule has 2 aliphatic rings. The maximum atomic E-state index is 5.75. The van der Waals surface area contributed by atoms with Crippen LogP contribution in [0.4, 0.5) is 0 Å². The lowest BCUT2D eigenvalue weighted by molar-refractivity contribution is 0.150. The Morgan fingerprint density at radius 3 is 2.80 bits per heavy atom.